The van der Waals surface area contributed by atoms with Gasteiger partial charge >= 0.3 is 0 Å². The third-order valence-electron chi connectivity index (χ3n) is 13.0. The summed E-state index contributed by atoms with van der Waals surface area (Å²) in [6.07, 6.45) is 0. The number of benzene rings is 9. The van der Waals surface area contributed by atoms with Crippen LogP contribution in [0.25, 0.3) is 98.6 Å². The van der Waals surface area contributed by atoms with Gasteiger partial charge in [-0.2, -0.15) is 0 Å². The Labute approximate surface area is 371 Å². The lowest BCUT2D eigenvalue weighted by Crippen LogP contribution is -2.22. The van der Waals surface area contributed by atoms with Crippen LogP contribution >= 0.6 is 11.3 Å². The fraction of sp³-hybridized carbons (Fsp3) is 0.0333. The monoisotopic (exact) mass is 820 g/mol. The zero-order valence-corrected chi connectivity index (χ0v) is 35.5. The molecule has 1 aliphatic carbocycles. The minimum Gasteiger partial charge on any atom is -0.228 e. The maximum absolute atomic E-state index is 5.26. The summed E-state index contributed by atoms with van der Waals surface area (Å²) in [4.78, 5) is 10.5. The Hall–Kier alpha value is -7.72. The van der Waals surface area contributed by atoms with Crippen molar-refractivity contribution in [3.8, 4) is 78.4 Å². The van der Waals surface area contributed by atoms with E-state index >= 15 is 0 Å². The lowest BCUT2D eigenvalue weighted by molar-refractivity contribution is 0.714. The Morgan fingerprint density at radius 2 is 0.921 bits per heavy atom. The topological polar surface area (TPSA) is 25.8 Å². The molecule has 2 heterocycles. The molecular formula is C60H40N2S. The molecule has 63 heavy (non-hydrogen) atoms. The zero-order valence-electron chi connectivity index (χ0n) is 34.7. The highest BCUT2D eigenvalue weighted by Crippen LogP contribution is 2.56. The molecule has 0 fully saturated rings. The van der Waals surface area contributed by atoms with Gasteiger partial charge in [0.1, 0.15) is 0 Å². The number of fused-ring (bicyclic) bond motifs is 6. The molecule has 1 unspecified atom stereocenters. The third kappa shape index (κ3) is 6.23. The van der Waals surface area contributed by atoms with Crippen LogP contribution < -0.4 is 0 Å². The van der Waals surface area contributed by atoms with Crippen molar-refractivity contribution in [3.05, 3.63) is 241 Å². The van der Waals surface area contributed by atoms with Crippen molar-refractivity contribution in [2.45, 2.75) is 12.3 Å². The number of hydrogen-bond donors (Lipinski definition) is 0. The normalized spacial score (nSPS) is 14.2. The van der Waals surface area contributed by atoms with Gasteiger partial charge in [-0.25, -0.2) is 9.97 Å². The number of rotatable bonds is 7. The van der Waals surface area contributed by atoms with E-state index in [0.29, 0.717) is 5.82 Å². The summed E-state index contributed by atoms with van der Waals surface area (Å²) in [6.45, 7) is 2.40. The Bertz CT molecular complexity index is 3520. The van der Waals surface area contributed by atoms with Gasteiger partial charge in [0, 0.05) is 42.3 Å². The van der Waals surface area contributed by atoms with Crippen LogP contribution in [0.1, 0.15) is 23.6 Å². The van der Waals surface area contributed by atoms with Crippen LogP contribution in [-0.2, 0) is 5.41 Å². The summed E-state index contributed by atoms with van der Waals surface area (Å²) in [6, 6.07) is 81.2. The first-order valence-corrected chi connectivity index (χ1v) is 22.4. The molecule has 0 radical (unpaired) electrons. The van der Waals surface area contributed by atoms with Gasteiger partial charge in [0.15, 0.2) is 5.82 Å². The molecule has 9 aromatic carbocycles. The van der Waals surface area contributed by atoms with Crippen LogP contribution in [0.5, 0.6) is 0 Å². The van der Waals surface area contributed by atoms with Crippen LogP contribution in [0.4, 0.5) is 0 Å². The second kappa shape index (κ2) is 15.0. The maximum Gasteiger partial charge on any atom is 0.160 e. The van der Waals surface area contributed by atoms with E-state index in [2.05, 4.69) is 225 Å². The quantitative estimate of drug-likeness (QED) is 0.160. The number of thiophene rings is 1. The summed E-state index contributed by atoms with van der Waals surface area (Å²) in [5, 5.41) is 2.60. The van der Waals surface area contributed by atoms with Crippen molar-refractivity contribution in [2.75, 3.05) is 0 Å². The molecule has 3 heteroatoms. The van der Waals surface area contributed by atoms with Crippen molar-refractivity contribution < 1.29 is 0 Å². The predicted molar refractivity (Wildman–Crippen MR) is 265 cm³/mol. The summed E-state index contributed by atoms with van der Waals surface area (Å²) < 4.78 is 2.61. The molecular weight excluding hydrogens is 781 g/mol. The number of hydrogen-bond acceptors (Lipinski definition) is 3. The summed E-state index contributed by atoms with van der Waals surface area (Å²) >= 11 is 1.86. The minimum absolute atomic E-state index is 0.340. The Morgan fingerprint density at radius 1 is 0.365 bits per heavy atom. The second-order valence-electron chi connectivity index (χ2n) is 16.6. The SMILES string of the molecule is CC1(c2ccccc2)c2cc(-c3cccc(-c4cc(-c5cccc(-c6cccc7c6sc6ccccc67)c5)nc(-c5ccccc5)n4)c3)ccc2-c2c(-c3ccccc3)cccc21. The van der Waals surface area contributed by atoms with Gasteiger partial charge in [0.05, 0.1) is 11.4 Å². The van der Waals surface area contributed by atoms with Gasteiger partial charge in [0.2, 0.25) is 0 Å². The van der Waals surface area contributed by atoms with Crippen molar-refractivity contribution in [1.82, 2.24) is 9.97 Å². The highest BCUT2D eigenvalue weighted by Gasteiger charge is 2.42. The van der Waals surface area contributed by atoms with Crippen LogP contribution in [0.3, 0.4) is 0 Å². The van der Waals surface area contributed by atoms with Crippen LogP contribution in [0.15, 0.2) is 224 Å². The van der Waals surface area contributed by atoms with Gasteiger partial charge in [-0.1, -0.05) is 194 Å². The van der Waals surface area contributed by atoms with Gasteiger partial charge in [-0.15, -0.1) is 11.3 Å². The fourth-order valence-corrected chi connectivity index (χ4v) is 11.1. The average molecular weight is 821 g/mol. The molecule has 0 aliphatic heterocycles. The van der Waals surface area contributed by atoms with Crippen LogP contribution in [0, 0.1) is 0 Å². The first kappa shape index (κ1) is 37.1. The van der Waals surface area contributed by atoms with Crippen molar-refractivity contribution in [3.63, 3.8) is 0 Å². The molecule has 0 N–H and O–H groups in total. The van der Waals surface area contributed by atoms with Gasteiger partial charge in [-0.05, 0) is 98.5 Å². The molecule has 296 valence electrons. The highest BCUT2D eigenvalue weighted by atomic mass is 32.1. The standard InChI is InChI=1S/C60H40N2S/c1-60(46-25-9-4-10-26-46)52-31-16-28-47(39-17-5-2-6-18-39)57(52)51-34-33-42(37-53(51)60)41-21-13-23-44(35-41)54-38-55(62-59(61-54)40-19-7-3-8-20-40)45-24-14-22-43(36-45)48-29-15-30-50-49-27-11-12-32-56(49)63-58(48)50/h2-38H,1H3. The Morgan fingerprint density at radius 3 is 1.68 bits per heavy atom. The summed E-state index contributed by atoms with van der Waals surface area (Å²) in [5.41, 5.74) is 18.3. The lowest BCUT2D eigenvalue weighted by atomic mass is 9.73. The van der Waals surface area contributed by atoms with Gasteiger partial charge < -0.3 is 0 Å². The van der Waals surface area contributed by atoms with Crippen LogP contribution in [-0.4, -0.2) is 9.97 Å². The number of nitrogens with zero attached hydrogens (tertiary/aromatic N) is 2. The Balaban J connectivity index is 0.979. The van der Waals surface area contributed by atoms with E-state index in [-0.39, 0.29) is 5.41 Å². The molecule has 0 saturated heterocycles. The van der Waals surface area contributed by atoms with Crippen LogP contribution in [0.2, 0.25) is 0 Å². The van der Waals surface area contributed by atoms with E-state index < -0.39 is 0 Å². The molecule has 12 rings (SSSR count). The van der Waals surface area contributed by atoms with E-state index in [4.69, 9.17) is 9.97 Å². The summed E-state index contributed by atoms with van der Waals surface area (Å²) in [5.74, 6) is 0.702. The molecule has 2 aromatic heterocycles. The molecule has 0 spiro atoms. The molecule has 1 atom stereocenters. The van der Waals surface area contributed by atoms with E-state index in [9.17, 15) is 0 Å². The zero-order chi connectivity index (χ0) is 41.9. The molecule has 0 amide bonds. The minimum atomic E-state index is -0.340. The molecule has 2 nitrogen and oxygen atoms in total. The van der Waals surface area contributed by atoms with Crippen molar-refractivity contribution in [2.24, 2.45) is 0 Å². The predicted octanol–water partition coefficient (Wildman–Crippen LogP) is 16.2. The average Bonchev–Trinajstić information content (AvgIpc) is 3.88. The molecule has 0 bridgehead atoms. The fourth-order valence-electron chi connectivity index (χ4n) is 9.84. The molecule has 1 aliphatic rings. The Kier molecular flexibility index (Phi) is 8.84. The van der Waals surface area contributed by atoms with E-state index in [1.165, 1.54) is 75.8 Å². The molecule has 0 saturated carbocycles. The maximum atomic E-state index is 5.26. The van der Waals surface area contributed by atoms with E-state index in [1.807, 2.05) is 17.4 Å². The number of aromatic nitrogens is 2. The first-order chi connectivity index (χ1) is 31.1. The van der Waals surface area contributed by atoms with E-state index in [1.54, 1.807) is 0 Å². The van der Waals surface area contributed by atoms with Crippen molar-refractivity contribution >= 4 is 31.5 Å². The highest BCUT2D eigenvalue weighted by molar-refractivity contribution is 7.26. The van der Waals surface area contributed by atoms with Crippen molar-refractivity contribution in [1.29, 1.82) is 0 Å². The smallest absolute Gasteiger partial charge is 0.160 e. The first-order valence-electron chi connectivity index (χ1n) is 21.6. The van der Waals surface area contributed by atoms with E-state index in [0.717, 1.165) is 33.6 Å². The molecule has 11 aromatic rings. The third-order valence-corrected chi connectivity index (χ3v) is 14.2. The van der Waals surface area contributed by atoms with Gasteiger partial charge in [-0.3, -0.25) is 0 Å². The lowest BCUT2D eigenvalue weighted by Gasteiger charge is -2.29. The largest absolute Gasteiger partial charge is 0.228 e. The summed E-state index contributed by atoms with van der Waals surface area (Å²) in [7, 11) is 0. The second-order valence-corrected chi connectivity index (χ2v) is 17.7. The van der Waals surface area contributed by atoms with Gasteiger partial charge in [0.25, 0.3) is 0 Å².